The summed E-state index contributed by atoms with van der Waals surface area (Å²) in [7, 11) is 0. The second-order valence-corrected chi connectivity index (χ2v) is 10.9. The first-order valence-electron chi connectivity index (χ1n) is 12.4. The Morgan fingerprint density at radius 3 is 2.29 bits per heavy atom. The Kier molecular flexibility index (Phi) is 9.02. The van der Waals surface area contributed by atoms with Crippen molar-refractivity contribution >= 4 is 23.1 Å². The summed E-state index contributed by atoms with van der Waals surface area (Å²) in [5.74, 6) is -0.0717. The molecular formula is C29H32F3NO4S. The normalized spacial score (nSPS) is 12.1. The van der Waals surface area contributed by atoms with E-state index in [1.54, 1.807) is 39.0 Å². The highest BCUT2D eigenvalue weighted by Crippen LogP contribution is 2.35. The largest absolute Gasteiger partial charge is 0.476 e. The van der Waals surface area contributed by atoms with E-state index in [0.29, 0.717) is 28.3 Å². The average Bonchev–Trinajstić information content (AvgIpc) is 3.28. The van der Waals surface area contributed by atoms with E-state index in [-0.39, 0.29) is 24.7 Å². The van der Waals surface area contributed by atoms with Gasteiger partial charge in [-0.3, -0.25) is 4.79 Å². The molecule has 0 atom stereocenters. The summed E-state index contributed by atoms with van der Waals surface area (Å²) in [6.45, 7) is 11.0. The lowest BCUT2D eigenvalue weighted by atomic mass is 10.0. The van der Waals surface area contributed by atoms with Crippen molar-refractivity contribution in [3.05, 3.63) is 69.7 Å². The Hall–Kier alpha value is -3.20. The summed E-state index contributed by atoms with van der Waals surface area (Å²) in [5.41, 5.74) is 0.758. The van der Waals surface area contributed by atoms with E-state index >= 15 is 0 Å². The van der Waals surface area contributed by atoms with Gasteiger partial charge in [0.15, 0.2) is 11.4 Å². The Morgan fingerprint density at radius 2 is 1.71 bits per heavy atom. The number of aryl methyl sites for hydroxylation is 2. The van der Waals surface area contributed by atoms with Crippen molar-refractivity contribution in [3.8, 4) is 16.3 Å². The van der Waals surface area contributed by atoms with Crippen LogP contribution in [0.5, 0.6) is 5.75 Å². The minimum atomic E-state index is -4.40. The van der Waals surface area contributed by atoms with Crippen molar-refractivity contribution in [1.29, 1.82) is 0 Å². The van der Waals surface area contributed by atoms with Crippen LogP contribution in [0.25, 0.3) is 10.6 Å². The lowest BCUT2D eigenvalue weighted by Gasteiger charge is -2.25. The first-order chi connectivity index (χ1) is 17.7. The quantitative estimate of drug-likeness (QED) is 0.191. The number of halogens is 3. The monoisotopic (exact) mass is 547 g/mol. The van der Waals surface area contributed by atoms with Crippen LogP contribution in [0.4, 0.5) is 13.2 Å². The molecule has 0 fully saturated rings. The molecule has 0 aliphatic heterocycles. The molecule has 1 heterocycles. The lowest BCUT2D eigenvalue weighted by Crippen LogP contribution is -2.40. The molecule has 3 aromatic rings. The summed E-state index contributed by atoms with van der Waals surface area (Å²) >= 11 is 1.39. The predicted octanol–water partition coefficient (Wildman–Crippen LogP) is 7.80. The predicted molar refractivity (Wildman–Crippen MR) is 142 cm³/mol. The average molecular weight is 548 g/mol. The molecule has 9 heteroatoms. The molecule has 0 unspecified atom stereocenters. The van der Waals surface area contributed by atoms with E-state index < -0.39 is 23.3 Å². The molecule has 0 saturated heterocycles. The van der Waals surface area contributed by atoms with Crippen LogP contribution in [-0.2, 0) is 22.1 Å². The van der Waals surface area contributed by atoms with Crippen LogP contribution >= 0.6 is 11.3 Å². The van der Waals surface area contributed by atoms with Gasteiger partial charge in [0.1, 0.15) is 10.8 Å². The van der Waals surface area contributed by atoms with Gasteiger partial charge in [0.05, 0.1) is 17.9 Å². The molecule has 0 amide bonds. The fourth-order valence-electron chi connectivity index (χ4n) is 3.80. The lowest BCUT2D eigenvalue weighted by molar-refractivity contribution is -0.158. The van der Waals surface area contributed by atoms with E-state index in [2.05, 4.69) is 4.98 Å². The molecular weight excluding hydrogens is 515 g/mol. The van der Waals surface area contributed by atoms with Crippen LogP contribution in [0, 0.1) is 6.92 Å². The molecule has 0 bridgehead atoms. The summed E-state index contributed by atoms with van der Waals surface area (Å²) in [6, 6.07) is 10.1. The van der Waals surface area contributed by atoms with Crippen molar-refractivity contribution in [2.75, 3.05) is 6.61 Å². The molecule has 0 aliphatic carbocycles. The molecule has 1 aromatic heterocycles. The zero-order valence-corrected chi connectivity index (χ0v) is 23.2. The number of nitrogens with zero attached hydrogens (tertiary/aromatic N) is 1. The van der Waals surface area contributed by atoms with Gasteiger partial charge in [-0.2, -0.15) is 13.2 Å². The van der Waals surface area contributed by atoms with Crippen molar-refractivity contribution in [2.24, 2.45) is 0 Å². The highest BCUT2D eigenvalue weighted by molar-refractivity contribution is 7.15. The van der Waals surface area contributed by atoms with Crippen LogP contribution in [0.3, 0.4) is 0 Å². The molecule has 0 spiro atoms. The van der Waals surface area contributed by atoms with Crippen LogP contribution < -0.4 is 4.74 Å². The maximum atomic E-state index is 13.1. The third-order valence-electron chi connectivity index (χ3n) is 5.95. The number of hydrogen-bond acceptors (Lipinski definition) is 6. The van der Waals surface area contributed by atoms with Gasteiger partial charge in [0.2, 0.25) is 0 Å². The van der Waals surface area contributed by atoms with Gasteiger partial charge in [-0.05, 0) is 63.8 Å². The van der Waals surface area contributed by atoms with E-state index in [9.17, 15) is 22.8 Å². The number of ketones is 1. The molecule has 3 rings (SSSR count). The number of carbonyl (C=O) groups excluding carboxylic acids is 2. The van der Waals surface area contributed by atoms with Crippen molar-refractivity contribution in [3.63, 3.8) is 0 Å². The molecule has 0 aliphatic rings. The summed E-state index contributed by atoms with van der Waals surface area (Å²) in [5, 5.41) is 0.622. The standard InChI is InChI=1S/C29H32F3NO4S/c1-7-36-27(35)28(5,6)37-23-16-20(9-8-18(23)4)22(34)14-15-24-25(17(2)3)33-26(38-24)19-10-12-21(13-11-19)29(30,31)32/h8-13,16-17H,7,14-15H2,1-6H3. The van der Waals surface area contributed by atoms with Crippen molar-refractivity contribution in [2.45, 2.75) is 72.1 Å². The number of Topliss-reactive ketones (excluding diaryl/α,β-unsaturated/α-hetero) is 1. The van der Waals surface area contributed by atoms with E-state index in [1.807, 2.05) is 20.8 Å². The van der Waals surface area contributed by atoms with Crippen molar-refractivity contribution in [1.82, 2.24) is 4.98 Å². The second kappa shape index (κ2) is 11.7. The Bertz CT molecular complexity index is 1290. The Balaban J connectivity index is 1.77. The minimum absolute atomic E-state index is 0.0871. The molecule has 0 radical (unpaired) electrons. The number of carbonyl (C=O) groups is 2. The van der Waals surface area contributed by atoms with Gasteiger partial charge < -0.3 is 9.47 Å². The minimum Gasteiger partial charge on any atom is -0.476 e. The first-order valence-corrected chi connectivity index (χ1v) is 13.2. The fourth-order valence-corrected chi connectivity index (χ4v) is 5.02. The number of ether oxygens (including phenoxy) is 2. The molecule has 2 aromatic carbocycles. The molecule has 38 heavy (non-hydrogen) atoms. The van der Waals surface area contributed by atoms with Gasteiger partial charge in [0, 0.05) is 22.4 Å². The number of hydrogen-bond donors (Lipinski definition) is 0. The van der Waals surface area contributed by atoms with Crippen LogP contribution in [0.2, 0.25) is 0 Å². The Morgan fingerprint density at radius 1 is 1.05 bits per heavy atom. The van der Waals surface area contributed by atoms with E-state index in [0.717, 1.165) is 28.3 Å². The fraction of sp³-hybridized carbons (Fsp3) is 0.414. The zero-order chi connectivity index (χ0) is 28.3. The molecule has 204 valence electrons. The highest BCUT2D eigenvalue weighted by atomic mass is 32.1. The molecule has 0 N–H and O–H groups in total. The number of alkyl halides is 3. The number of thiazole rings is 1. The van der Waals surface area contributed by atoms with Gasteiger partial charge in [-0.25, -0.2) is 9.78 Å². The van der Waals surface area contributed by atoms with Crippen LogP contribution in [0.1, 0.15) is 79.0 Å². The van der Waals surface area contributed by atoms with Gasteiger partial charge in [-0.1, -0.05) is 38.1 Å². The third-order valence-corrected chi connectivity index (χ3v) is 7.13. The summed E-state index contributed by atoms with van der Waals surface area (Å²) in [6.07, 6.45) is -3.73. The smallest absolute Gasteiger partial charge is 0.416 e. The number of rotatable bonds is 10. The third kappa shape index (κ3) is 7.01. The molecule has 5 nitrogen and oxygen atoms in total. The van der Waals surface area contributed by atoms with Crippen molar-refractivity contribution < 1.29 is 32.2 Å². The van der Waals surface area contributed by atoms with Gasteiger partial charge in [-0.15, -0.1) is 11.3 Å². The zero-order valence-electron chi connectivity index (χ0n) is 22.4. The van der Waals surface area contributed by atoms with Crippen LogP contribution in [0.15, 0.2) is 42.5 Å². The van der Waals surface area contributed by atoms with E-state index in [4.69, 9.17) is 9.47 Å². The van der Waals surface area contributed by atoms with E-state index in [1.165, 1.54) is 23.5 Å². The number of benzene rings is 2. The van der Waals surface area contributed by atoms with Crippen LogP contribution in [-0.4, -0.2) is 28.9 Å². The highest BCUT2D eigenvalue weighted by Gasteiger charge is 2.32. The summed E-state index contributed by atoms with van der Waals surface area (Å²) < 4.78 is 49.8. The first kappa shape index (κ1) is 29.4. The molecule has 0 saturated carbocycles. The maximum Gasteiger partial charge on any atom is 0.416 e. The Labute approximate surface area is 225 Å². The topological polar surface area (TPSA) is 65.5 Å². The van der Waals surface area contributed by atoms with Gasteiger partial charge >= 0.3 is 12.1 Å². The number of aromatic nitrogens is 1. The van der Waals surface area contributed by atoms with Gasteiger partial charge in [0.25, 0.3) is 0 Å². The summed E-state index contributed by atoms with van der Waals surface area (Å²) in [4.78, 5) is 31.0. The maximum absolute atomic E-state index is 13.1. The SMILES string of the molecule is CCOC(=O)C(C)(C)Oc1cc(C(=O)CCc2sc(-c3ccc(C(F)(F)F)cc3)nc2C(C)C)ccc1C. The number of esters is 1. The second-order valence-electron chi connectivity index (χ2n) is 9.79.